The molecule has 0 aromatic heterocycles. The van der Waals surface area contributed by atoms with Gasteiger partial charge in [-0.2, -0.15) is 0 Å². The Morgan fingerprint density at radius 3 is 1.13 bits per heavy atom. The molecule has 4 saturated heterocycles. The molecule has 4 aliphatic rings. The van der Waals surface area contributed by atoms with Crippen molar-refractivity contribution in [3.63, 3.8) is 0 Å². The fourth-order valence-corrected chi connectivity index (χ4v) is 7.16. The molecule has 0 spiro atoms. The Balaban J connectivity index is 1.22. The van der Waals surface area contributed by atoms with Crippen LogP contribution in [-0.4, -0.2) is 157 Å². The highest BCUT2D eigenvalue weighted by Crippen LogP contribution is 2.54. The second kappa shape index (κ2) is 16.0. The largest absolute Gasteiger partial charge is 0.493 e. The van der Waals surface area contributed by atoms with Gasteiger partial charge in [0.2, 0.25) is 24.1 Å². The summed E-state index contributed by atoms with van der Waals surface area (Å²) in [7, 11) is 5.66. The van der Waals surface area contributed by atoms with Gasteiger partial charge in [-0.15, -0.1) is 0 Å². The fraction of sp³-hybridized carbons (Fsp3) is 0.647. The molecular formula is C34H46O18. The number of methoxy groups -OCH3 is 4. The Bertz CT molecular complexity index is 1360. The zero-order chi connectivity index (χ0) is 37.4. The van der Waals surface area contributed by atoms with Crippen molar-refractivity contribution in [3.8, 4) is 34.5 Å². The van der Waals surface area contributed by atoms with Crippen LogP contribution in [0, 0.1) is 11.8 Å². The van der Waals surface area contributed by atoms with E-state index in [-0.39, 0.29) is 46.3 Å². The molecule has 290 valence electrons. The number of hydrogen-bond acceptors (Lipinski definition) is 18. The van der Waals surface area contributed by atoms with Crippen LogP contribution in [-0.2, 0) is 18.9 Å². The van der Waals surface area contributed by atoms with Crippen molar-refractivity contribution >= 4 is 0 Å². The molecule has 0 aliphatic carbocycles. The average Bonchev–Trinajstić information content (AvgIpc) is 3.78. The van der Waals surface area contributed by atoms with E-state index >= 15 is 0 Å². The second-order valence-corrected chi connectivity index (χ2v) is 13.0. The lowest BCUT2D eigenvalue weighted by molar-refractivity contribution is -0.277. The van der Waals surface area contributed by atoms with Crippen LogP contribution in [0.4, 0.5) is 0 Å². The third kappa shape index (κ3) is 6.94. The quantitative estimate of drug-likeness (QED) is 0.119. The van der Waals surface area contributed by atoms with Gasteiger partial charge in [-0.05, 0) is 35.4 Å². The molecule has 0 bridgehead atoms. The minimum atomic E-state index is -1.65. The lowest BCUT2D eigenvalue weighted by Crippen LogP contribution is -2.60. The first-order chi connectivity index (χ1) is 25.0. The molecule has 52 heavy (non-hydrogen) atoms. The third-order valence-electron chi connectivity index (χ3n) is 10.1. The molecule has 18 heteroatoms. The van der Waals surface area contributed by atoms with Gasteiger partial charge in [0.25, 0.3) is 0 Å². The lowest BCUT2D eigenvalue weighted by Gasteiger charge is -2.39. The van der Waals surface area contributed by atoms with Crippen LogP contribution in [0.15, 0.2) is 24.3 Å². The van der Waals surface area contributed by atoms with E-state index in [1.54, 1.807) is 24.3 Å². The van der Waals surface area contributed by atoms with E-state index in [4.69, 9.17) is 47.4 Å². The number of fused-ring (bicyclic) bond motifs is 1. The van der Waals surface area contributed by atoms with Gasteiger partial charge in [0.05, 0.1) is 67.1 Å². The SMILES string of the molecule is COc1cc([C@@H]2OC[C@@H]3[C@H]2CO[C@@H]3c2cc(OC)c(O[C@H]3O[C@H](CO)[C@H](O)[C@H](O)[C@H]3O)c(OC)c2)cc(OC)c1O[C@@H]1O[C@@H](CO)[C@@H](O)[C@@H](O)[C@@H]1O. The molecule has 0 unspecified atom stereocenters. The van der Waals surface area contributed by atoms with Gasteiger partial charge >= 0.3 is 0 Å². The van der Waals surface area contributed by atoms with Crippen molar-refractivity contribution in [2.75, 3.05) is 54.9 Å². The highest BCUT2D eigenvalue weighted by molar-refractivity contribution is 5.56. The van der Waals surface area contributed by atoms with Gasteiger partial charge in [0.1, 0.15) is 48.8 Å². The lowest BCUT2D eigenvalue weighted by atomic mass is 9.84. The van der Waals surface area contributed by atoms with Crippen LogP contribution >= 0.6 is 0 Å². The first-order valence-electron chi connectivity index (χ1n) is 16.7. The Labute approximate surface area is 298 Å². The molecule has 0 radical (unpaired) electrons. The predicted molar refractivity (Wildman–Crippen MR) is 172 cm³/mol. The summed E-state index contributed by atoms with van der Waals surface area (Å²) in [6, 6.07) is 6.78. The third-order valence-corrected chi connectivity index (χ3v) is 10.1. The van der Waals surface area contributed by atoms with Gasteiger partial charge in [-0.3, -0.25) is 0 Å². The molecule has 6 rings (SSSR count). The molecule has 4 fully saturated rings. The number of aliphatic hydroxyl groups excluding tert-OH is 8. The van der Waals surface area contributed by atoms with Crippen molar-refractivity contribution in [1.29, 1.82) is 0 Å². The Morgan fingerprint density at radius 2 is 0.846 bits per heavy atom. The Morgan fingerprint density at radius 1 is 0.519 bits per heavy atom. The molecule has 2 aromatic rings. The maximum Gasteiger partial charge on any atom is 0.229 e. The molecule has 8 N–H and O–H groups in total. The minimum absolute atomic E-state index is 0.0541. The molecule has 0 amide bonds. The van der Waals surface area contributed by atoms with Gasteiger partial charge in [0.15, 0.2) is 23.0 Å². The van der Waals surface area contributed by atoms with Gasteiger partial charge in [-0.25, -0.2) is 0 Å². The summed E-state index contributed by atoms with van der Waals surface area (Å²) in [5, 5.41) is 81.0. The zero-order valence-electron chi connectivity index (χ0n) is 28.9. The molecule has 4 aliphatic heterocycles. The standard InChI is InChI=1S/C34H46O18/c1-43-17-5-13(6-18(44-2)31(17)51-33-27(41)25(39)23(37)21(9-35)49-33)29-15-11-48-30(16(15)12-47-29)14-7-19(45-3)32(20(8-14)46-4)52-34-28(42)26(40)24(38)22(10-36)50-34/h5-8,15-16,21-30,33-42H,9-12H2,1-4H3/t15-,16-,21-,22+,23+,24-,25+,26-,27-,28+,29-,30+,33-,34+/m1/s1. The van der Waals surface area contributed by atoms with Crippen molar-refractivity contribution in [3.05, 3.63) is 35.4 Å². The summed E-state index contributed by atoms with van der Waals surface area (Å²) in [4.78, 5) is 0. The second-order valence-electron chi connectivity index (χ2n) is 13.0. The average molecular weight is 743 g/mol. The Kier molecular flexibility index (Phi) is 11.8. The van der Waals surface area contributed by atoms with E-state index in [0.29, 0.717) is 24.3 Å². The molecule has 14 atom stereocenters. The van der Waals surface area contributed by atoms with Crippen LogP contribution in [0.3, 0.4) is 0 Å². The monoisotopic (exact) mass is 742 g/mol. The van der Waals surface area contributed by atoms with E-state index in [1.807, 2.05) is 0 Å². The topological polar surface area (TPSA) is 254 Å². The van der Waals surface area contributed by atoms with Crippen molar-refractivity contribution in [2.24, 2.45) is 11.8 Å². The smallest absolute Gasteiger partial charge is 0.229 e. The van der Waals surface area contributed by atoms with Crippen LogP contribution in [0.2, 0.25) is 0 Å². The molecule has 18 nitrogen and oxygen atoms in total. The highest BCUT2D eigenvalue weighted by atomic mass is 16.7. The van der Waals surface area contributed by atoms with Crippen LogP contribution < -0.4 is 28.4 Å². The van der Waals surface area contributed by atoms with Crippen molar-refractivity contribution in [2.45, 2.75) is 73.6 Å². The summed E-state index contributed by atoms with van der Waals surface area (Å²) < 4.78 is 58.0. The first kappa shape index (κ1) is 38.5. The van der Waals surface area contributed by atoms with Crippen molar-refractivity contribution in [1.82, 2.24) is 0 Å². The van der Waals surface area contributed by atoms with Crippen LogP contribution in [0.5, 0.6) is 34.5 Å². The molecular weight excluding hydrogens is 696 g/mol. The number of rotatable bonds is 12. The highest BCUT2D eigenvalue weighted by Gasteiger charge is 2.50. The van der Waals surface area contributed by atoms with E-state index in [1.165, 1.54) is 28.4 Å². The maximum atomic E-state index is 10.5. The number of aliphatic hydroxyl groups is 8. The van der Waals surface area contributed by atoms with Gasteiger partial charge in [0, 0.05) is 11.8 Å². The Hall–Kier alpha value is -3.24. The molecule has 2 aromatic carbocycles. The summed E-state index contributed by atoms with van der Waals surface area (Å²) in [5.74, 6) is 0.683. The van der Waals surface area contributed by atoms with E-state index in [9.17, 15) is 40.9 Å². The van der Waals surface area contributed by atoms with Crippen LogP contribution in [0.1, 0.15) is 23.3 Å². The summed E-state index contributed by atoms with van der Waals surface area (Å²) >= 11 is 0. The van der Waals surface area contributed by atoms with E-state index < -0.39 is 86.8 Å². The van der Waals surface area contributed by atoms with E-state index in [0.717, 1.165) is 0 Å². The summed E-state index contributed by atoms with van der Waals surface area (Å²) in [6.07, 6.45) is -15.9. The normalized spacial score (nSPS) is 37.3. The summed E-state index contributed by atoms with van der Waals surface area (Å²) in [6.45, 7) is -0.604. The minimum Gasteiger partial charge on any atom is -0.493 e. The van der Waals surface area contributed by atoms with Gasteiger partial charge < -0.3 is 88.2 Å². The maximum absolute atomic E-state index is 10.5. The fourth-order valence-electron chi connectivity index (χ4n) is 7.16. The summed E-state index contributed by atoms with van der Waals surface area (Å²) in [5.41, 5.74) is 1.37. The molecule has 0 saturated carbocycles. The number of hydrogen-bond donors (Lipinski definition) is 8. The number of benzene rings is 2. The van der Waals surface area contributed by atoms with Crippen LogP contribution in [0.25, 0.3) is 0 Å². The zero-order valence-corrected chi connectivity index (χ0v) is 28.9. The van der Waals surface area contributed by atoms with Gasteiger partial charge in [-0.1, -0.05) is 0 Å². The van der Waals surface area contributed by atoms with E-state index in [2.05, 4.69) is 0 Å². The van der Waals surface area contributed by atoms with Crippen molar-refractivity contribution < 1.29 is 88.2 Å². The number of ether oxygens (including phenoxy) is 10. The molecule has 4 heterocycles. The predicted octanol–water partition coefficient (Wildman–Crippen LogP) is -1.85. The first-order valence-corrected chi connectivity index (χ1v) is 16.7.